The lowest BCUT2D eigenvalue weighted by Gasteiger charge is -2.36. The molecule has 5 nitrogen and oxygen atoms in total. The molecule has 1 aliphatic heterocycles. The van der Waals surface area contributed by atoms with Crippen LogP contribution in [0.2, 0.25) is 0 Å². The Hall–Kier alpha value is -1.46. The zero-order valence-electron chi connectivity index (χ0n) is 20.2. The number of quaternary nitrogens is 1. The Bertz CT molecular complexity index is 569. The van der Waals surface area contributed by atoms with Crippen molar-refractivity contribution in [3.05, 3.63) is 24.6 Å². The van der Waals surface area contributed by atoms with Gasteiger partial charge in [-0.2, -0.15) is 0 Å². The molecule has 178 valence electrons. The van der Waals surface area contributed by atoms with Gasteiger partial charge in [0.1, 0.15) is 18.9 Å². The van der Waals surface area contributed by atoms with E-state index in [1.54, 1.807) is 12.4 Å². The van der Waals surface area contributed by atoms with Crippen molar-refractivity contribution < 1.29 is 14.4 Å². The van der Waals surface area contributed by atoms with Crippen LogP contribution >= 0.6 is 0 Å². The Morgan fingerprint density at radius 1 is 0.968 bits per heavy atom. The number of unbranched alkanes of at least 4 members (excludes halogenated alkanes) is 13. The number of carbonyl (C=O) groups is 1. The molecule has 2 N–H and O–H groups in total. The van der Waals surface area contributed by atoms with Gasteiger partial charge in [0.05, 0.1) is 12.2 Å². The summed E-state index contributed by atoms with van der Waals surface area (Å²) in [4.78, 5) is 15.6. The maximum absolute atomic E-state index is 11.2. The molecule has 1 heterocycles. The zero-order valence-corrected chi connectivity index (χ0v) is 20.2. The number of allylic oxidation sites excluding steroid dienone is 2. The first-order valence-corrected chi connectivity index (χ1v) is 12.8. The van der Waals surface area contributed by atoms with Crippen LogP contribution in [-0.2, 0) is 4.79 Å². The van der Waals surface area contributed by atoms with Crippen LogP contribution in [-0.4, -0.2) is 29.0 Å². The van der Waals surface area contributed by atoms with E-state index in [-0.39, 0.29) is 17.2 Å². The number of nitrogens with zero attached hydrogens (tertiary/aromatic N) is 2. The molecule has 0 amide bonds. The van der Waals surface area contributed by atoms with Crippen molar-refractivity contribution in [3.8, 4) is 0 Å². The van der Waals surface area contributed by atoms with Crippen LogP contribution in [0.3, 0.4) is 0 Å². The Morgan fingerprint density at radius 3 is 2.00 bits per heavy atom. The third kappa shape index (κ3) is 11.6. The van der Waals surface area contributed by atoms with Crippen molar-refractivity contribution in [2.75, 3.05) is 6.54 Å². The van der Waals surface area contributed by atoms with E-state index in [1.807, 2.05) is 6.92 Å². The maximum atomic E-state index is 11.2. The van der Waals surface area contributed by atoms with E-state index in [0.717, 1.165) is 25.1 Å². The summed E-state index contributed by atoms with van der Waals surface area (Å²) in [5.74, 6) is -0.235. The smallest absolute Gasteiger partial charge is 0.209 e. The summed E-state index contributed by atoms with van der Waals surface area (Å²) in [5.41, 5.74) is 6.08. The third-order valence-corrected chi connectivity index (χ3v) is 6.32. The molecule has 2 atom stereocenters. The van der Waals surface area contributed by atoms with Crippen LogP contribution < -0.4 is 10.8 Å². The van der Waals surface area contributed by atoms with Gasteiger partial charge in [-0.3, -0.25) is 5.73 Å². The Morgan fingerprint density at radius 2 is 1.48 bits per heavy atom. The summed E-state index contributed by atoms with van der Waals surface area (Å²) in [6.45, 7) is 3.96. The summed E-state index contributed by atoms with van der Waals surface area (Å²) in [6.07, 6.45) is 28.0. The summed E-state index contributed by atoms with van der Waals surface area (Å²) in [7, 11) is 0. The molecule has 31 heavy (non-hydrogen) atoms. The minimum absolute atomic E-state index is 0.106. The van der Waals surface area contributed by atoms with Gasteiger partial charge in [-0.15, -0.1) is 0 Å². The van der Waals surface area contributed by atoms with Crippen LogP contribution in [0, 0.1) is 0 Å². The van der Waals surface area contributed by atoms with E-state index >= 15 is 0 Å². The van der Waals surface area contributed by atoms with Crippen LogP contribution in [0.5, 0.6) is 0 Å². The highest BCUT2D eigenvalue weighted by molar-refractivity contribution is 5.81. The summed E-state index contributed by atoms with van der Waals surface area (Å²) in [6, 6.07) is 0. The van der Waals surface area contributed by atoms with E-state index in [4.69, 9.17) is 5.73 Å². The van der Waals surface area contributed by atoms with E-state index in [2.05, 4.69) is 24.1 Å². The lowest BCUT2D eigenvalue weighted by molar-refractivity contribution is -0.808. The number of aliphatic carboxylic acids is 1. The van der Waals surface area contributed by atoms with E-state index in [0.29, 0.717) is 0 Å². The predicted molar refractivity (Wildman–Crippen MR) is 129 cm³/mol. The zero-order chi connectivity index (χ0) is 22.8. The van der Waals surface area contributed by atoms with Crippen molar-refractivity contribution in [1.82, 2.24) is 0 Å². The van der Waals surface area contributed by atoms with E-state index in [1.165, 1.54) is 83.5 Å². The molecular formula is C26H47N3O2. The van der Waals surface area contributed by atoms with Gasteiger partial charge in [0, 0.05) is 13.3 Å². The van der Waals surface area contributed by atoms with Crippen molar-refractivity contribution in [2.24, 2.45) is 10.7 Å². The first-order valence-electron chi connectivity index (χ1n) is 12.8. The van der Waals surface area contributed by atoms with Crippen molar-refractivity contribution in [2.45, 2.75) is 123 Å². The maximum Gasteiger partial charge on any atom is 0.209 e. The van der Waals surface area contributed by atoms with Gasteiger partial charge >= 0.3 is 0 Å². The quantitative estimate of drug-likeness (QED) is 0.155. The van der Waals surface area contributed by atoms with Gasteiger partial charge in [-0.25, -0.2) is 9.48 Å². The second-order valence-electron chi connectivity index (χ2n) is 9.09. The summed E-state index contributed by atoms with van der Waals surface area (Å²) in [5, 5.41) is 11.2. The molecule has 0 aromatic rings. The highest BCUT2D eigenvalue weighted by atomic mass is 16.4. The molecule has 0 saturated carbocycles. The van der Waals surface area contributed by atoms with Crippen LogP contribution in [0.1, 0.15) is 117 Å². The molecule has 0 fully saturated rings. The highest BCUT2D eigenvalue weighted by Crippen LogP contribution is 2.23. The number of hydrogen-bond donors (Lipinski definition) is 1. The first kappa shape index (κ1) is 27.6. The highest BCUT2D eigenvalue weighted by Gasteiger charge is 2.38. The molecule has 0 aromatic carbocycles. The van der Waals surface area contributed by atoms with Gasteiger partial charge in [0.2, 0.25) is 5.84 Å². The van der Waals surface area contributed by atoms with Crippen molar-refractivity contribution in [1.29, 1.82) is 0 Å². The monoisotopic (exact) mass is 433 g/mol. The third-order valence-electron chi connectivity index (χ3n) is 6.32. The topological polar surface area (TPSA) is 78.5 Å². The second-order valence-corrected chi connectivity index (χ2v) is 9.09. The molecule has 0 aliphatic carbocycles. The predicted octanol–water partition coefficient (Wildman–Crippen LogP) is 5.56. The van der Waals surface area contributed by atoms with Crippen LogP contribution in [0.25, 0.3) is 0 Å². The number of amidine groups is 1. The fourth-order valence-electron chi connectivity index (χ4n) is 4.28. The van der Waals surface area contributed by atoms with Crippen LogP contribution in [0.15, 0.2) is 29.5 Å². The fraction of sp³-hybridized carbons (Fsp3) is 0.769. The Labute approximate surface area is 191 Å². The van der Waals surface area contributed by atoms with Gasteiger partial charge in [-0.1, -0.05) is 83.3 Å². The summed E-state index contributed by atoms with van der Waals surface area (Å²) >= 11 is 0. The van der Waals surface area contributed by atoms with Gasteiger partial charge in [-0.05, 0) is 32.1 Å². The molecule has 2 unspecified atom stereocenters. The number of rotatable bonds is 20. The molecule has 0 spiro atoms. The molecule has 5 heteroatoms. The average Bonchev–Trinajstić information content (AvgIpc) is 3.13. The summed E-state index contributed by atoms with van der Waals surface area (Å²) < 4.78 is 0.106. The first-order chi connectivity index (χ1) is 15.0. The number of carboxylic acids is 1. The standard InChI is InChI=1S/C26H47N3O2/c1-3-4-5-6-7-8-9-10-11-12-13-14-15-16-17-18-19-20-25-28-21-22-29(25,24(2)27)23-26(30)31/h10-11,21-22,24H,3-9,12-20,23,27H2,1-2H3/b11-10+. The largest absolute Gasteiger partial charge is 0.544 e. The lowest BCUT2D eigenvalue weighted by atomic mass is 10.1. The minimum atomic E-state index is -1.09. The molecule has 0 bridgehead atoms. The molecule has 1 aliphatic rings. The second kappa shape index (κ2) is 17.1. The SMILES string of the molecule is CCCCCCCC/C=C/CCCCCCCCCC1=NC=C[N+]1(CC(=O)[O-])C(C)N. The molecular weight excluding hydrogens is 386 g/mol. The van der Waals surface area contributed by atoms with Gasteiger partial charge in [0.25, 0.3) is 0 Å². The van der Waals surface area contributed by atoms with Crippen molar-refractivity contribution >= 4 is 11.8 Å². The molecule has 0 saturated heterocycles. The number of carbonyl (C=O) groups excluding carboxylic acids is 1. The van der Waals surface area contributed by atoms with E-state index in [9.17, 15) is 9.90 Å². The number of nitrogens with two attached hydrogens (primary N) is 1. The number of aliphatic imine (C=N–C) groups is 1. The van der Waals surface area contributed by atoms with E-state index < -0.39 is 5.97 Å². The molecule has 0 radical (unpaired) electrons. The van der Waals surface area contributed by atoms with Gasteiger partial charge < -0.3 is 9.90 Å². The lowest BCUT2D eigenvalue weighted by Crippen LogP contribution is -2.60. The Kier molecular flexibility index (Phi) is 15.2. The normalized spacial score (nSPS) is 19.3. The van der Waals surface area contributed by atoms with Gasteiger partial charge in [0.15, 0.2) is 0 Å². The van der Waals surface area contributed by atoms with Crippen molar-refractivity contribution in [3.63, 3.8) is 0 Å². The number of carboxylic acid groups (broad SMARTS) is 1. The molecule has 1 rings (SSSR count). The number of hydrogen-bond acceptors (Lipinski definition) is 4. The van der Waals surface area contributed by atoms with Crippen LogP contribution in [0.4, 0.5) is 0 Å². The Balaban J connectivity index is 1.99. The average molecular weight is 434 g/mol. The molecule has 0 aromatic heterocycles. The fourth-order valence-corrected chi connectivity index (χ4v) is 4.28. The minimum Gasteiger partial charge on any atom is -0.544 e.